The number of hydrogen-bond donors (Lipinski definition) is 0. The predicted octanol–water partition coefficient (Wildman–Crippen LogP) is 19.8. The fourth-order valence-electron chi connectivity index (χ4n) is 9.55. The minimum Gasteiger partial charge on any atom is -0.356 e. The minimum absolute atomic E-state index is 0.634. The third-order valence-electron chi connectivity index (χ3n) is 13.6. The summed E-state index contributed by atoms with van der Waals surface area (Å²) in [5.74, 6) is 0. The molecule has 340 valence electrons. The lowest BCUT2D eigenvalue weighted by molar-refractivity contribution is 0.135. The summed E-state index contributed by atoms with van der Waals surface area (Å²) < 4.78 is 0. The molecule has 1 aliphatic rings. The molecule has 0 spiro atoms. The summed E-state index contributed by atoms with van der Waals surface area (Å²) in [6.45, 7) is 9.50. The minimum atomic E-state index is 0.634. The molecule has 0 aromatic heterocycles. The molecule has 1 heterocycles. The highest BCUT2D eigenvalue weighted by molar-refractivity contribution is 4.97. The summed E-state index contributed by atoms with van der Waals surface area (Å²) in [6.07, 6.45) is 73.8. The normalized spacial score (nSPS) is 14.2. The van der Waals surface area contributed by atoms with E-state index in [1.807, 2.05) is 0 Å². The highest BCUT2D eigenvalue weighted by Gasteiger charge is 2.25. The van der Waals surface area contributed by atoms with Crippen molar-refractivity contribution in [2.24, 2.45) is 0 Å². The molecule has 0 bridgehead atoms. The van der Waals surface area contributed by atoms with Crippen molar-refractivity contribution in [3.05, 3.63) is 12.4 Å². The van der Waals surface area contributed by atoms with Crippen LogP contribution in [0.3, 0.4) is 0 Å². The van der Waals surface area contributed by atoms with E-state index in [1.54, 1.807) is 0 Å². The van der Waals surface area contributed by atoms with Crippen LogP contribution in [0.2, 0.25) is 0 Å². The van der Waals surface area contributed by atoms with E-state index in [0.717, 1.165) is 0 Å². The van der Waals surface area contributed by atoms with Gasteiger partial charge in [0.15, 0.2) is 0 Å². The molecular formula is C55H110N2. The maximum absolute atomic E-state index is 2.75. The molecule has 0 saturated carbocycles. The first-order valence-electron chi connectivity index (χ1n) is 27.5. The average Bonchev–Trinajstić information content (AvgIpc) is 3.61. The van der Waals surface area contributed by atoms with Gasteiger partial charge in [-0.05, 0) is 25.7 Å². The van der Waals surface area contributed by atoms with Gasteiger partial charge in [-0.25, -0.2) is 0 Å². The lowest BCUT2D eigenvalue weighted by atomic mass is 10.0. The second kappa shape index (κ2) is 46.4. The van der Waals surface area contributed by atoms with Crippen molar-refractivity contribution in [2.75, 3.05) is 13.1 Å². The Morgan fingerprint density at radius 1 is 0.228 bits per heavy atom. The van der Waals surface area contributed by atoms with Crippen molar-refractivity contribution in [1.29, 1.82) is 0 Å². The monoisotopic (exact) mass is 799 g/mol. The molecule has 0 N–H and O–H groups in total. The highest BCUT2D eigenvalue weighted by atomic mass is 15.4. The summed E-state index contributed by atoms with van der Waals surface area (Å²) in [5, 5.41) is 0. The van der Waals surface area contributed by atoms with Crippen molar-refractivity contribution in [3.63, 3.8) is 0 Å². The van der Waals surface area contributed by atoms with Gasteiger partial charge in [-0.15, -0.1) is 0 Å². The van der Waals surface area contributed by atoms with Gasteiger partial charge in [-0.1, -0.05) is 297 Å². The largest absolute Gasteiger partial charge is 0.356 e. The van der Waals surface area contributed by atoms with Gasteiger partial charge in [0.2, 0.25) is 0 Å². The number of unbranched alkanes of at least 4 members (excludes halogenated alkanes) is 43. The molecule has 1 aliphatic heterocycles. The van der Waals surface area contributed by atoms with E-state index in [2.05, 4.69) is 43.0 Å². The zero-order valence-electron chi connectivity index (χ0n) is 40.3. The second-order valence-electron chi connectivity index (χ2n) is 19.2. The number of rotatable bonds is 49. The Kier molecular flexibility index (Phi) is 44.3. The van der Waals surface area contributed by atoms with Crippen LogP contribution in [0, 0.1) is 0 Å². The van der Waals surface area contributed by atoms with E-state index in [9.17, 15) is 0 Å². The summed E-state index contributed by atoms with van der Waals surface area (Å²) in [6, 6.07) is 0. The molecule has 1 unspecified atom stereocenters. The molecule has 1 rings (SSSR count). The molecule has 0 aromatic rings. The average molecular weight is 799 g/mol. The molecule has 2 heteroatoms. The summed E-state index contributed by atoms with van der Waals surface area (Å²) in [5.41, 5.74) is 0. The third kappa shape index (κ3) is 38.0. The summed E-state index contributed by atoms with van der Waals surface area (Å²) in [7, 11) is 0. The molecule has 0 aromatic carbocycles. The molecule has 0 radical (unpaired) electrons. The fourth-order valence-corrected chi connectivity index (χ4v) is 9.55. The summed E-state index contributed by atoms with van der Waals surface area (Å²) >= 11 is 0. The van der Waals surface area contributed by atoms with Crippen molar-refractivity contribution < 1.29 is 0 Å². The zero-order chi connectivity index (χ0) is 40.8. The van der Waals surface area contributed by atoms with Crippen LogP contribution in [0.5, 0.6) is 0 Å². The van der Waals surface area contributed by atoms with Crippen molar-refractivity contribution in [1.82, 2.24) is 9.80 Å². The molecular weight excluding hydrogens is 689 g/mol. The molecule has 2 nitrogen and oxygen atoms in total. The second-order valence-corrected chi connectivity index (χ2v) is 19.2. The lowest BCUT2D eigenvalue weighted by Crippen LogP contribution is -2.39. The Bertz CT molecular complexity index is 762. The Balaban J connectivity index is 2.19. The molecule has 1 atom stereocenters. The van der Waals surface area contributed by atoms with Crippen LogP contribution in [0.4, 0.5) is 0 Å². The van der Waals surface area contributed by atoms with Crippen LogP contribution in [0.25, 0.3) is 0 Å². The fraction of sp³-hybridized carbons (Fsp3) is 0.964. The van der Waals surface area contributed by atoms with Crippen LogP contribution < -0.4 is 0 Å². The van der Waals surface area contributed by atoms with Gasteiger partial charge < -0.3 is 9.80 Å². The Hall–Kier alpha value is -0.660. The van der Waals surface area contributed by atoms with E-state index in [0.29, 0.717) is 6.17 Å². The lowest BCUT2D eigenvalue weighted by Gasteiger charge is -2.33. The van der Waals surface area contributed by atoms with Crippen LogP contribution in [-0.2, 0) is 0 Å². The van der Waals surface area contributed by atoms with Crippen LogP contribution >= 0.6 is 0 Å². The van der Waals surface area contributed by atoms with Crippen molar-refractivity contribution in [2.45, 2.75) is 329 Å². The van der Waals surface area contributed by atoms with Gasteiger partial charge in [-0.3, -0.25) is 0 Å². The van der Waals surface area contributed by atoms with Crippen molar-refractivity contribution in [3.8, 4) is 0 Å². The smallest absolute Gasteiger partial charge is 0.101 e. The van der Waals surface area contributed by atoms with E-state index in [1.165, 1.54) is 315 Å². The van der Waals surface area contributed by atoms with E-state index >= 15 is 0 Å². The van der Waals surface area contributed by atoms with Gasteiger partial charge in [0, 0.05) is 25.5 Å². The first kappa shape index (κ1) is 54.4. The summed E-state index contributed by atoms with van der Waals surface area (Å²) in [4.78, 5) is 5.50. The highest BCUT2D eigenvalue weighted by Crippen LogP contribution is 2.24. The maximum atomic E-state index is 2.75. The van der Waals surface area contributed by atoms with Crippen molar-refractivity contribution >= 4 is 0 Å². The standard InChI is InChI=1S/C55H110N2/c1-4-7-10-13-16-19-22-25-28-29-30-32-35-38-41-44-47-50-55-56(51-48-45-42-39-36-33-27-24-21-18-15-12-9-6-3)53-54-57(55)52-49-46-43-40-37-34-31-26-23-20-17-14-11-8-5-2/h53-55H,4-52H2,1-3H3. The van der Waals surface area contributed by atoms with Gasteiger partial charge in [0.05, 0.1) is 0 Å². The zero-order valence-corrected chi connectivity index (χ0v) is 40.3. The molecule has 0 fully saturated rings. The number of nitrogens with zero attached hydrogens (tertiary/aromatic N) is 2. The van der Waals surface area contributed by atoms with Crippen LogP contribution in [-0.4, -0.2) is 29.1 Å². The molecule has 57 heavy (non-hydrogen) atoms. The third-order valence-corrected chi connectivity index (χ3v) is 13.6. The van der Waals surface area contributed by atoms with Gasteiger partial charge in [-0.2, -0.15) is 0 Å². The SMILES string of the molecule is CCCCCCCCCCCCCCCCCCCC1N(CCCCCCCCCCCCCCCC)C=CN1CCCCCCCCCCCCCCCCC. The van der Waals surface area contributed by atoms with Crippen LogP contribution in [0.1, 0.15) is 323 Å². The van der Waals surface area contributed by atoms with Gasteiger partial charge in [0.1, 0.15) is 6.17 Å². The maximum Gasteiger partial charge on any atom is 0.101 e. The molecule has 0 saturated heterocycles. The van der Waals surface area contributed by atoms with Gasteiger partial charge >= 0.3 is 0 Å². The predicted molar refractivity (Wildman–Crippen MR) is 260 cm³/mol. The van der Waals surface area contributed by atoms with E-state index < -0.39 is 0 Å². The first-order chi connectivity index (χ1) is 28.3. The molecule has 0 amide bonds. The quantitative estimate of drug-likeness (QED) is 0.0566. The van der Waals surface area contributed by atoms with Gasteiger partial charge in [0.25, 0.3) is 0 Å². The first-order valence-corrected chi connectivity index (χ1v) is 27.5. The molecule has 0 aliphatic carbocycles. The Morgan fingerprint density at radius 3 is 0.614 bits per heavy atom. The van der Waals surface area contributed by atoms with Crippen LogP contribution in [0.15, 0.2) is 12.4 Å². The number of hydrogen-bond acceptors (Lipinski definition) is 2. The van der Waals surface area contributed by atoms with E-state index in [4.69, 9.17) is 0 Å². The Morgan fingerprint density at radius 2 is 0.404 bits per heavy atom. The Labute approximate surface area is 362 Å². The van der Waals surface area contributed by atoms with E-state index in [-0.39, 0.29) is 0 Å². The topological polar surface area (TPSA) is 6.48 Å².